The van der Waals surface area contributed by atoms with Gasteiger partial charge in [-0.1, -0.05) is 45.9 Å². The lowest BCUT2D eigenvalue weighted by Crippen LogP contribution is -2.40. The first-order chi connectivity index (χ1) is 16.6. The topological polar surface area (TPSA) is 67.8 Å². The molecule has 1 aromatic rings. The van der Waals surface area contributed by atoms with Crippen molar-refractivity contribution in [2.75, 3.05) is 0 Å². The summed E-state index contributed by atoms with van der Waals surface area (Å²) in [7, 11) is 0. The number of ether oxygens (including phenoxy) is 1. The zero-order valence-corrected chi connectivity index (χ0v) is 22.7. The fraction of sp³-hybridized carbons (Fsp3) is 0.567. The van der Waals surface area contributed by atoms with Crippen LogP contribution in [0.4, 0.5) is 5.69 Å². The molecule has 0 radical (unpaired) electrons. The lowest BCUT2D eigenvalue weighted by atomic mass is 9.97. The molecule has 5 nitrogen and oxygen atoms in total. The zero-order valence-electron chi connectivity index (χ0n) is 22.7. The van der Waals surface area contributed by atoms with Crippen molar-refractivity contribution in [1.29, 1.82) is 0 Å². The third-order valence-corrected chi connectivity index (χ3v) is 6.37. The monoisotopic (exact) mass is 480 g/mol. The van der Waals surface area contributed by atoms with Gasteiger partial charge in [-0.05, 0) is 99.1 Å². The third-order valence-electron chi connectivity index (χ3n) is 6.37. The van der Waals surface area contributed by atoms with Crippen molar-refractivity contribution in [3.05, 3.63) is 52.6 Å². The second-order valence-electron chi connectivity index (χ2n) is 10.4. The normalized spacial score (nSPS) is 16.8. The van der Waals surface area contributed by atoms with E-state index in [0.29, 0.717) is 18.0 Å². The van der Waals surface area contributed by atoms with E-state index in [1.54, 1.807) is 6.92 Å². The van der Waals surface area contributed by atoms with Crippen molar-refractivity contribution in [3.63, 3.8) is 0 Å². The van der Waals surface area contributed by atoms with Gasteiger partial charge in [0.25, 0.3) is 0 Å². The van der Waals surface area contributed by atoms with Crippen LogP contribution in [0.25, 0.3) is 0 Å². The van der Waals surface area contributed by atoms with Crippen LogP contribution in [0.2, 0.25) is 0 Å². The molecule has 0 spiro atoms. The van der Waals surface area contributed by atoms with E-state index in [4.69, 9.17) is 9.73 Å². The zero-order chi connectivity index (χ0) is 26.0. The molecular weight excluding hydrogens is 436 g/mol. The lowest BCUT2D eigenvalue weighted by Gasteiger charge is -2.22. The molecule has 1 atom stereocenters. The highest BCUT2D eigenvalue weighted by Crippen LogP contribution is 2.25. The van der Waals surface area contributed by atoms with E-state index in [9.17, 15) is 9.59 Å². The number of carbonyl (C=O) groups is 2. The van der Waals surface area contributed by atoms with Crippen LogP contribution >= 0.6 is 0 Å². The summed E-state index contributed by atoms with van der Waals surface area (Å²) in [4.78, 5) is 29.1. The Labute approximate surface area is 212 Å². The Morgan fingerprint density at radius 2 is 1.89 bits per heavy atom. The van der Waals surface area contributed by atoms with E-state index in [1.807, 2.05) is 19.1 Å². The standard InChI is InChI=1S/C30H44N2O3/c1-8-25(16-22(6)19-33)29(21(4)5)32-27-17-24(14-13-23(27)7)18-31-28(15-20(2)3)30(34)35-26-11-9-10-12-26/h8,13-14,16-17,19-21,26,28,31H,9-12,15,18H2,1-7H3/b22-16-,25-8+,32-29?. The maximum Gasteiger partial charge on any atom is 0.323 e. The van der Waals surface area contributed by atoms with Crippen molar-refractivity contribution in [3.8, 4) is 0 Å². The van der Waals surface area contributed by atoms with Gasteiger partial charge < -0.3 is 10.1 Å². The number of hydrogen-bond donors (Lipinski definition) is 1. The molecule has 1 unspecified atom stereocenters. The van der Waals surface area contributed by atoms with Gasteiger partial charge in [-0.2, -0.15) is 0 Å². The Kier molecular flexibility index (Phi) is 11.6. The molecule has 0 amide bonds. The van der Waals surface area contributed by atoms with Gasteiger partial charge in [-0.25, -0.2) is 0 Å². The molecule has 0 aliphatic heterocycles. The second-order valence-corrected chi connectivity index (χ2v) is 10.4. The number of carbonyl (C=O) groups excluding carboxylic acids is 2. The summed E-state index contributed by atoms with van der Waals surface area (Å²) in [6, 6.07) is 5.92. The van der Waals surface area contributed by atoms with Gasteiger partial charge in [-0.15, -0.1) is 0 Å². The smallest absolute Gasteiger partial charge is 0.323 e. The largest absolute Gasteiger partial charge is 0.461 e. The fourth-order valence-corrected chi connectivity index (χ4v) is 4.35. The second kappa shape index (κ2) is 14.1. The number of esters is 1. The van der Waals surface area contributed by atoms with Crippen LogP contribution in [-0.2, 0) is 20.9 Å². The van der Waals surface area contributed by atoms with E-state index >= 15 is 0 Å². The van der Waals surface area contributed by atoms with Crippen LogP contribution in [0.5, 0.6) is 0 Å². The maximum atomic E-state index is 12.9. The first-order valence-corrected chi connectivity index (χ1v) is 13.1. The Morgan fingerprint density at radius 3 is 2.46 bits per heavy atom. The highest BCUT2D eigenvalue weighted by atomic mass is 16.5. The number of benzene rings is 1. The quantitative estimate of drug-likeness (QED) is 0.117. The van der Waals surface area contributed by atoms with Gasteiger partial charge in [0.15, 0.2) is 0 Å². The minimum Gasteiger partial charge on any atom is -0.461 e. The molecule has 1 aliphatic rings. The lowest BCUT2D eigenvalue weighted by molar-refractivity contribution is -0.151. The first-order valence-electron chi connectivity index (χ1n) is 13.1. The molecule has 0 aromatic heterocycles. The highest BCUT2D eigenvalue weighted by molar-refractivity contribution is 6.06. The molecule has 0 bridgehead atoms. The van der Waals surface area contributed by atoms with Crippen LogP contribution in [0.3, 0.4) is 0 Å². The number of aldehydes is 1. The maximum absolute atomic E-state index is 12.9. The van der Waals surface area contributed by atoms with E-state index in [-0.39, 0.29) is 24.0 Å². The predicted octanol–water partition coefficient (Wildman–Crippen LogP) is 6.81. The third kappa shape index (κ3) is 9.21. The molecule has 0 saturated heterocycles. The summed E-state index contributed by atoms with van der Waals surface area (Å²) in [5.41, 5.74) is 5.62. The van der Waals surface area contributed by atoms with Gasteiger partial charge >= 0.3 is 5.97 Å². The Hall–Kier alpha value is -2.53. The van der Waals surface area contributed by atoms with Crippen LogP contribution in [0, 0.1) is 18.8 Å². The van der Waals surface area contributed by atoms with Crippen molar-refractivity contribution < 1.29 is 14.3 Å². The van der Waals surface area contributed by atoms with E-state index in [0.717, 1.165) is 66.5 Å². The summed E-state index contributed by atoms with van der Waals surface area (Å²) in [6.45, 7) is 14.9. The molecule has 1 N–H and O–H groups in total. The predicted molar refractivity (Wildman–Crippen MR) is 145 cm³/mol. The Morgan fingerprint density at radius 1 is 1.20 bits per heavy atom. The average molecular weight is 481 g/mol. The van der Waals surface area contributed by atoms with E-state index in [2.05, 4.69) is 58.1 Å². The summed E-state index contributed by atoms with van der Waals surface area (Å²) < 4.78 is 5.80. The summed E-state index contributed by atoms with van der Waals surface area (Å²) in [5, 5.41) is 3.45. The number of nitrogens with zero attached hydrogens (tertiary/aromatic N) is 1. The van der Waals surface area contributed by atoms with Crippen LogP contribution in [0.1, 0.15) is 84.8 Å². The van der Waals surface area contributed by atoms with Crippen LogP contribution < -0.4 is 5.32 Å². The Bertz CT molecular complexity index is 950. The molecule has 35 heavy (non-hydrogen) atoms. The highest BCUT2D eigenvalue weighted by Gasteiger charge is 2.26. The van der Waals surface area contributed by atoms with Crippen LogP contribution in [-0.4, -0.2) is 30.1 Å². The van der Waals surface area contributed by atoms with Gasteiger partial charge in [-0.3, -0.25) is 14.6 Å². The SMILES string of the molecule is C/C=C(\C=C(\C)C=O)C(=Nc1cc(CNC(CC(C)C)C(=O)OC2CCCC2)ccc1C)C(C)C. The summed E-state index contributed by atoms with van der Waals surface area (Å²) >= 11 is 0. The number of hydrogen-bond acceptors (Lipinski definition) is 5. The average Bonchev–Trinajstić information content (AvgIpc) is 3.32. The van der Waals surface area contributed by atoms with Gasteiger partial charge in [0.05, 0.1) is 11.4 Å². The number of aryl methyl sites for hydroxylation is 1. The Balaban J connectivity index is 2.24. The molecule has 1 aromatic carbocycles. The molecule has 1 saturated carbocycles. The minimum atomic E-state index is -0.318. The number of nitrogens with one attached hydrogen (secondary N) is 1. The molecule has 192 valence electrons. The molecule has 5 heteroatoms. The van der Waals surface area contributed by atoms with Gasteiger partial charge in [0.1, 0.15) is 18.4 Å². The van der Waals surface area contributed by atoms with Gasteiger partial charge in [0.2, 0.25) is 0 Å². The fourth-order valence-electron chi connectivity index (χ4n) is 4.35. The number of aliphatic imine (C=N–C) groups is 1. The minimum absolute atomic E-state index is 0.0754. The molecule has 0 heterocycles. The van der Waals surface area contributed by atoms with Crippen molar-refractivity contribution in [2.24, 2.45) is 16.8 Å². The van der Waals surface area contributed by atoms with Crippen molar-refractivity contribution in [2.45, 2.75) is 99.3 Å². The first kappa shape index (κ1) is 28.7. The van der Waals surface area contributed by atoms with Crippen molar-refractivity contribution in [1.82, 2.24) is 5.32 Å². The van der Waals surface area contributed by atoms with Crippen molar-refractivity contribution >= 4 is 23.7 Å². The van der Waals surface area contributed by atoms with E-state index < -0.39 is 0 Å². The number of allylic oxidation sites excluding steroid dienone is 4. The van der Waals surface area contributed by atoms with Crippen LogP contribution in [0.15, 0.2) is 46.5 Å². The molecule has 1 aliphatic carbocycles. The summed E-state index contributed by atoms with van der Waals surface area (Å²) in [5.74, 6) is 0.449. The molecule has 1 fully saturated rings. The van der Waals surface area contributed by atoms with Gasteiger partial charge in [0, 0.05) is 6.54 Å². The molecule has 2 rings (SSSR count). The summed E-state index contributed by atoms with van der Waals surface area (Å²) in [6.07, 6.45) is 9.82. The molecular formula is C30H44N2O3. The van der Waals surface area contributed by atoms with E-state index in [1.165, 1.54) is 0 Å². The number of rotatable bonds is 12.